The molecule has 1 amide bonds. The summed E-state index contributed by atoms with van der Waals surface area (Å²) in [7, 11) is 0. The van der Waals surface area contributed by atoms with Crippen LogP contribution in [0.5, 0.6) is 0 Å². The van der Waals surface area contributed by atoms with Gasteiger partial charge in [-0.2, -0.15) is 0 Å². The van der Waals surface area contributed by atoms with E-state index in [0.717, 1.165) is 33.4 Å². The topological polar surface area (TPSA) is 57.6 Å². The number of hydrogen-bond donors (Lipinski definition) is 1. The second-order valence-electron chi connectivity index (χ2n) is 8.72. The van der Waals surface area contributed by atoms with Gasteiger partial charge in [-0.3, -0.25) is 4.79 Å². The lowest BCUT2D eigenvalue weighted by atomic mass is 9.92. The van der Waals surface area contributed by atoms with Crippen LogP contribution < -0.4 is 0 Å². The molecular formula is C32H25NO3. The van der Waals surface area contributed by atoms with Crippen molar-refractivity contribution in [3.63, 3.8) is 0 Å². The molecule has 0 heterocycles. The van der Waals surface area contributed by atoms with Gasteiger partial charge in [-0.15, -0.1) is 0 Å². The molecule has 0 aliphatic carbocycles. The molecular weight excluding hydrogens is 446 g/mol. The van der Waals surface area contributed by atoms with Gasteiger partial charge in [0.25, 0.3) is 0 Å². The molecule has 0 saturated carbocycles. The van der Waals surface area contributed by atoms with Gasteiger partial charge in [-0.1, -0.05) is 115 Å². The number of carbonyl (C=O) groups is 2. The fourth-order valence-electron chi connectivity index (χ4n) is 4.59. The molecule has 1 N–H and O–H groups in total. The third kappa shape index (κ3) is 4.89. The van der Waals surface area contributed by atoms with E-state index >= 15 is 0 Å². The van der Waals surface area contributed by atoms with E-state index < -0.39 is 11.9 Å². The number of carbonyl (C=O) groups excluding carboxylic acids is 1. The van der Waals surface area contributed by atoms with Crippen molar-refractivity contribution in [2.45, 2.75) is 13.1 Å². The molecule has 0 fully saturated rings. The minimum absolute atomic E-state index is 0.181. The highest BCUT2D eigenvalue weighted by atomic mass is 16.4. The highest BCUT2D eigenvalue weighted by molar-refractivity contribution is 6.31. The smallest absolute Gasteiger partial charge is 0.394 e. The van der Waals surface area contributed by atoms with Crippen molar-refractivity contribution < 1.29 is 14.7 Å². The summed E-state index contributed by atoms with van der Waals surface area (Å²) in [4.78, 5) is 25.7. The Labute approximate surface area is 210 Å². The predicted molar refractivity (Wildman–Crippen MR) is 143 cm³/mol. The summed E-state index contributed by atoms with van der Waals surface area (Å²) in [5.41, 5.74) is 5.93. The van der Waals surface area contributed by atoms with Crippen molar-refractivity contribution >= 4 is 22.6 Å². The monoisotopic (exact) mass is 471 g/mol. The van der Waals surface area contributed by atoms with Gasteiger partial charge in [-0.25, -0.2) is 4.79 Å². The fraction of sp³-hybridized carbons (Fsp3) is 0.0625. The van der Waals surface area contributed by atoms with E-state index in [0.29, 0.717) is 0 Å². The number of rotatable bonds is 6. The van der Waals surface area contributed by atoms with Crippen LogP contribution in [0.1, 0.15) is 11.1 Å². The second kappa shape index (κ2) is 10.3. The van der Waals surface area contributed by atoms with Crippen LogP contribution in [0.2, 0.25) is 0 Å². The number of benzene rings is 5. The predicted octanol–water partition coefficient (Wildman–Crippen LogP) is 6.79. The van der Waals surface area contributed by atoms with Crippen molar-refractivity contribution in [3.8, 4) is 22.3 Å². The molecule has 5 aromatic carbocycles. The van der Waals surface area contributed by atoms with Gasteiger partial charge in [0, 0.05) is 13.1 Å². The Morgan fingerprint density at radius 1 is 0.611 bits per heavy atom. The Balaban J connectivity index is 1.60. The average molecular weight is 472 g/mol. The first-order chi connectivity index (χ1) is 17.6. The largest absolute Gasteiger partial charge is 0.474 e. The molecule has 0 unspecified atom stereocenters. The zero-order valence-corrected chi connectivity index (χ0v) is 19.7. The van der Waals surface area contributed by atoms with E-state index in [-0.39, 0.29) is 13.1 Å². The third-order valence-electron chi connectivity index (χ3n) is 6.34. The highest BCUT2D eigenvalue weighted by Crippen LogP contribution is 2.34. The van der Waals surface area contributed by atoms with Crippen LogP contribution in [-0.4, -0.2) is 21.9 Å². The van der Waals surface area contributed by atoms with Gasteiger partial charge in [0.05, 0.1) is 0 Å². The van der Waals surface area contributed by atoms with Crippen LogP contribution in [0, 0.1) is 0 Å². The number of carboxylic acid groups (broad SMARTS) is 1. The van der Waals surface area contributed by atoms with Gasteiger partial charge < -0.3 is 10.0 Å². The van der Waals surface area contributed by atoms with Gasteiger partial charge in [0.15, 0.2) is 0 Å². The molecule has 0 aliphatic heterocycles. The molecule has 5 aromatic rings. The van der Waals surface area contributed by atoms with E-state index in [9.17, 15) is 14.7 Å². The first kappa shape index (κ1) is 23.1. The standard InChI is InChI=1S/C32H25NO3/c34-31(32(35)36)33(21-23-10-3-1-4-11-23)22-27-19-18-26(20-30(27)25-12-5-2-6-13-25)29-17-9-15-24-14-7-8-16-28(24)29/h1-20H,21-22H2,(H,35,36). The van der Waals surface area contributed by atoms with Crippen LogP contribution >= 0.6 is 0 Å². The Bertz CT molecular complexity index is 1520. The lowest BCUT2D eigenvalue weighted by Crippen LogP contribution is -2.35. The maximum absolute atomic E-state index is 12.7. The summed E-state index contributed by atoms with van der Waals surface area (Å²) in [5, 5.41) is 11.8. The first-order valence-electron chi connectivity index (χ1n) is 11.8. The number of nitrogens with zero attached hydrogens (tertiary/aromatic N) is 1. The number of carboxylic acids is 1. The molecule has 4 heteroatoms. The average Bonchev–Trinajstić information content (AvgIpc) is 2.93. The maximum atomic E-state index is 12.7. The van der Waals surface area contributed by atoms with E-state index in [1.807, 2.05) is 78.9 Å². The Kier molecular flexibility index (Phi) is 6.59. The summed E-state index contributed by atoms with van der Waals surface area (Å²) >= 11 is 0. The quantitative estimate of drug-likeness (QED) is 0.278. The van der Waals surface area contributed by atoms with Crippen molar-refractivity contribution in [2.24, 2.45) is 0 Å². The van der Waals surface area contributed by atoms with E-state index in [4.69, 9.17) is 0 Å². The Morgan fingerprint density at radius 3 is 2.03 bits per heavy atom. The molecule has 4 nitrogen and oxygen atoms in total. The minimum Gasteiger partial charge on any atom is -0.474 e. The molecule has 0 saturated heterocycles. The molecule has 0 atom stereocenters. The summed E-state index contributed by atoms with van der Waals surface area (Å²) < 4.78 is 0. The zero-order valence-electron chi connectivity index (χ0n) is 19.7. The number of hydrogen-bond acceptors (Lipinski definition) is 2. The van der Waals surface area contributed by atoms with Crippen LogP contribution in [0.4, 0.5) is 0 Å². The SMILES string of the molecule is O=C(O)C(=O)N(Cc1ccccc1)Cc1ccc(-c2cccc3ccccc23)cc1-c1ccccc1. The summed E-state index contributed by atoms with van der Waals surface area (Å²) in [5.74, 6) is -2.38. The van der Waals surface area contributed by atoms with Crippen molar-refractivity contribution in [2.75, 3.05) is 0 Å². The molecule has 176 valence electrons. The summed E-state index contributed by atoms with van der Waals surface area (Å²) in [6.07, 6.45) is 0. The minimum atomic E-state index is -1.46. The number of aliphatic carboxylic acids is 1. The van der Waals surface area contributed by atoms with E-state index in [1.165, 1.54) is 15.7 Å². The molecule has 0 aromatic heterocycles. The van der Waals surface area contributed by atoms with Crippen molar-refractivity contribution in [1.29, 1.82) is 0 Å². The molecule has 0 radical (unpaired) electrons. The van der Waals surface area contributed by atoms with E-state index in [2.05, 4.69) is 42.5 Å². The fourth-order valence-corrected chi connectivity index (χ4v) is 4.59. The highest BCUT2D eigenvalue weighted by Gasteiger charge is 2.23. The maximum Gasteiger partial charge on any atom is 0.394 e. The van der Waals surface area contributed by atoms with E-state index in [1.54, 1.807) is 0 Å². The lowest BCUT2D eigenvalue weighted by Gasteiger charge is -2.23. The Hall–Kier alpha value is -4.70. The molecule has 0 bridgehead atoms. The third-order valence-corrected chi connectivity index (χ3v) is 6.34. The Morgan fingerprint density at radius 2 is 1.28 bits per heavy atom. The van der Waals surface area contributed by atoms with Gasteiger partial charge >= 0.3 is 11.9 Å². The molecule has 5 rings (SSSR count). The molecule has 36 heavy (non-hydrogen) atoms. The van der Waals surface area contributed by atoms with Crippen molar-refractivity contribution in [1.82, 2.24) is 4.90 Å². The van der Waals surface area contributed by atoms with Crippen LogP contribution in [0.3, 0.4) is 0 Å². The van der Waals surface area contributed by atoms with Crippen LogP contribution in [0.15, 0.2) is 121 Å². The normalized spacial score (nSPS) is 10.8. The molecule has 0 aliphatic rings. The van der Waals surface area contributed by atoms with Gasteiger partial charge in [0.2, 0.25) is 0 Å². The van der Waals surface area contributed by atoms with Crippen LogP contribution in [0.25, 0.3) is 33.0 Å². The summed E-state index contributed by atoms with van der Waals surface area (Å²) in [6, 6.07) is 40.2. The van der Waals surface area contributed by atoms with Crippen molar-refractivity contribution in [3.05, 3.63) is 132 Å². The molecule has 0 spiro atoms. The van der Waals surface area contributed by atoms with Crippen LogP contribution in [-0.2, 0) is 22.7 Å². The number of fused-ring (bicyclic) bond motifs is 1. The first-order valence-corrected chi connectivity index (χ1v) is 11.8. The number of amides is 1. The summed E-state index contributed by atoms with van der Waals surface area (Å²) in [6.45, 7) is 0.394. The lowest BCUT2D eigenvalue weighted by molar-refractivity contribution is -0.156. The second-order valence-corrected chi connectivity index (χ2v) is 8.72. The van der Waals surface area contributed by atoms with Gasteiger partial charge in [-0.05, 0) is 50.2 Å². The zero-order chi connectivity index (χ0) is 24.9. The van der Waals surface area contributed by atoms with Gasteiger partial charge in [0.1, 0.15) is 0 Å².